The van der Waals surface area contributed by atoms with Crippen molar-refractivity contribution in [1.29, 1.82) is 0 Å². The summed E-state index contributed by atoms with van der Waals surface area (Å²) in [5, 5.41) is 2.90. The summed E-state index contributed by atoms with van der Waals surface area (Å²) in [4.78, 5) is 24.7. The van der Waals surface area contributed by atoms with Gasteiger partial charge < -0.3 is 20.7 Å². The normalized spacial score (nSPS) is 16.9. The number of fused-ring (bicyclic) bond motifs is 1. The van der Waals surface area contributed by atoms with Gasteiger partial charge in [-0.25, -0.2) is 4.79 Å². The van der Waals surface area contributed by atoms with Crippen molar-refractivity contribution in [2.45, 2.75) is 25.9 Å². The molecule has 114 valence electrons. The molecule has 7 heteroatoms. The van der Waals surface area contributed by atoms with Crippen molar-refractivity contribution in [1.82, 2.24) is 5.32 Å². The zero-order valence-electron chi connectivity index (χ0n) is 11.8. The predicted molar refractivity (Wildman–Crippen MR) is 80.7 cm³/mol. The smallest absolute Gasteiger partial charge is 0.312 e. The molecule has 1 heterocycles. The maximum Gasteiger partial charge on any atom is 0.312 e. The second-order valence-electron chi connectivity index (χ2n) is 4.78. The number of rotatable bonds is 4. The van der Waals surface area contributed by atoms with E-state index in [2.05, 4.69) is 5.32 Å². The van der Waals surface area contributed by atoms with Crippen LogP contribution >= 0.6 is 11.6 Å². The standard InChI is InChI=1S/C14H18ClN3O3/c1-2-9-8-18(12(19)6-7-17-14(16)20)11-5-3-4-10(15)13(11)21-9/h3-5,9H,2,6-8H2,1H3,(H3,16,17,20)/t9-/m1/s1. The van der Waals surface area contributed by atoms with Gasteiger partial charge in [0.25, 0.3) is 0 Å². The first-order valence-electron chi connectivity index (χ1n) is 6.81. The number of nitrogens with zero attached hydrogens (tertiary/aromatic N) is 1. The lowest BCUT2D eigenvalue weighted by molar-refractivity contribution is -0.119. The van der Waals surface area contributed by atoms with Gasteiger partial charge in [0.15, 0.2) is 5.75 Å². The first kappa shape index (κ1) is 15.4. The fourth-order valence-electron chi connectivity index (χ4n) is 2.21. The highest BCUT2D eigenvalue weighted by Gasteiger charge is 2.29. The number of amides is 3. The average Bonchev–Trinajstić information content (AvgIpc) is 2.46. The molecule has 0 aromatic heterocycles. The van der Waals surface area contributed by atoms with Crippen LogP contribution in [0.25, 0.3) is 0 Å². The molecule has 0 bridgehead atoms. The van der Waals surface area contributed by atoms with Gasteiger partial charge in [-0.1, -0.05) is 24.6 Å². The maximum atomic E-state index is 12.4. The van der Waals surface area contributed by atoms with Crippen LogP contribution in [0, 0.1) is 0 Å². The van der Waals surface area contributed by atoms with Crippen molar-refractivity contribution in [2.24, 2.45) is 5.73 Å². The zero-order valence-corrected chi connectivity index (χ0v) is 12.5. The molecule has 3 N–H and O–H groups in total. The number of nitrogens with one attached hydrogen (secondary N) is 1. The summed E-state index contributed by atoms with van der Waals surface area (Å²) in [7, 11) is 0. The van der Waals surface area contributed by atoms with E-state index in [1.54, 1.807) is 23.1 Å². The minimum atomic E-state index is -0.639. The molecule has 0 saturated heterocycles. The lowest BCUT2D eigenvalue weighted by Crippen LogP contribution is -2.44. The molecule has 6 nitrogen and oxygen atoms in total. The first-order chi connectivity index (χ1) is 10.0. The Balaban J connectivity index is 2.17. The number of carbonyl (C=O) groups is 2. The van der Waals surface area contributed by atoms with Crippen molar-refractivity contribution in [3.63, 3.8) is 0 Å². The topological polar surface area (TPSA) is 84.7 Å². The molecule has 1 aliphatic rings. The molecule has 3 amide bonds. The van der Waals surface area contributed by atoms with Gasteiger partial charge in [-0.3, -0.25) is 4.79 Å². The van der Waals surface area contributed by atoms with Gasteiger partial charge in [0, 0.05) is 13.0 Å². The van der Waals surface area contributed by atoms with Crippen LogP contribution in [0.5, 0.6) is 5.75 Å². The number of nitrogens with two attached hydrogens (primary N) is 1. The van der Waals surface area contributed by atoms with E-state index in [0.717, 1.165) is 6.42 Å². The average molecular weight is 312 g/mol. The quantitative estimate of drug-likeness (QED) is 0.890. The molecule has 0 fully saturated rings. The molecule has 0 aliphatic carbocycles. The largest absolute Gasteiger partial charge is 0.485 e. The third-order valence-electron chi connectivity index (χ3n) is 3.30. The Labute approximate surface area is 128 Å². The SMILES string of the molecule is CC[C@@H]1CN(C(=O)CCNC(N)=O)c2cccc(Cl)c2O1. The molecular weight excluding hydrogens is 294 g/mol. The minimum absolute atomic E-state index is 0.0922. The number of hydrogen-bond acceptors (Lipinski definition) is 3. The second kappa shape index (κ2) is 6.67. The summed E-state index contributed by atoms with van der Waals surface area (Å²) in [6.45, 7) is 2.67. The van der Waals surface area contributed by atoms with Gasteiger partial charge in [0.05, 0.1) is 17.3 Å². The van der Waals surface area contributed by atoms with Crippen LogP contribution in [0.2, 0.25) is 5.02 Å². The number of hydrogen-bond donors (Lipinski definition) is 2. The first-order valence-corrected chi connectivity index (χ1v) is 7.19. The summed E-state index contributed by atoms with van der Waals surface area (Å²) in [6.07, 6.45) is 0.852. The number of ether oxygens (including phenoxy) is 1. The van der Waals surface area contributed by atoms with Crippen molar-refractivity contribution in [3.05, 3.63) is 23.2 Å². The van der Waals surface area contributed by atoms with Gasteiger partial charge in [-0.2, -0.15) is 0 Å². The highest BCUT2D eigenvalue weighted by Crippen LogP contribution is 2.39. The molecule has 0 unspecified atom stereocenters. The number of urea groups is 1. The van der Waals surface area contributed by atoms with Crippen LogP contribution in [0.4, 0.5) is 10.5 Å². The third-order valence-corrected chi connectivity index (χ3v) is 3.60. The Bertz CT molecular complexity index is 550. The number of carbonyl (C=O) groups excluding carboxylic acids is 2. The van der Waals surface area contributed by atoms with Crippen molar-refractivity contribution < 1.29 is 14.3 Å². The van der Waals surface area contributed by atoms with Crippen molar-refractivity contribution >= 4 is 29.2 Å². The van der Waals surface area contributed by atoms with E-state index in [1.165, 1.54) is 0 Å². The van der Waals surface area contributed by atoms with Gasteiger partial charge in [-0.05, 0) is 18.6 Å². The summed E-state index contributed by atoms with van der Waals surface area (Å²) >= 11 is 6.14. The van der Waals surface area contributed by atoms with E-state index in [1.807, 2.05) is 6.92 Å². The molecule has 1 aromatic carbocycles. The van der Waals surface area contributed by atoms with Gasteiger partial charge >= 0.3 is 6.03 Å². The van der Waals surface area contributed by atoms with Crippen molar-refractivity contribution in [2.75, 3.05) is 18.0 Å². The van der Waals surface area contributed by atoms with Crippen LogP contribution in [0.15, 0.2) is 18.2 Å². The third kappa shape index (κ3) is 3.58. The van der Waals surface area contributed by atoms with Gasteiger partial charge in [-0.15, -0.1) is 0 Å². The molecule has 0 radical (unpaired) electrons. The second-order valence-corrected chi connectivity index (χ2v) is 5.19. The molecular formula is C14H18ClN3O3. The molecule has 0 saturated carbocycles. The predicted octanol–water partition coefficient (Wildman–Crippen LogP) is 1.90. The van der Waals surface area contributed by atoms with E-state index >= 15 is 0 Å². The summed E-state index contributed by atoms with van der Waals surface area (Å²) in [5.41, 5.74) is 5.65. The Morgan fingerprint density at radius 2 is 2.29 bits per heavy atom. The number of halogens is 1. The van der Waals surface area contributed by atoms with E-state index in [4.69, 9.17) is 22.1 Å². The molecule has 21 heavy (non-hydrogen) atoms. The van der Waals surface area contributed by atoms with Crippen LogP contribution in [-0.4, -0.2) is 31.1 Å². The molecule has 0 spiro atoms. The fourth-order valence-corrected chi connectivity index (χ4v) is 2.42. The maximum absolute atomic E-state index is 12.4. The molecule has 1 aliphatic heterocycles. The van der Waals surface area contributed by atoms with Gasteiger partial charge in [0.2, 0.25) is 5.91 Å². The van der Waals surface area contributed by atoms with E-state index in [0.29, 0.717) is 23.0 Å². The van der Waals surface area contributed by atoms with Gasteiger partial charge in [0.1, 0.15) is 6.10 Å². The Morgan fingerprint density at radius 3 is 2.95 bits per heavy atom. The Kier molecular flexibility index (Phi) is 4.90. The van der Waals surface area contributed by atoms with Crippen LogP contribution in [0.3, 0.4) is 0 Å². The Morgan fingerprint density at radius 1 is 1.52 bits per heavy atom. The van der Waals surface area contributed by atoms with Crippen molar-refractivity contribution in [3.8, 4) is 5.75 Å². The van der Waals surface area contributed by atoms with Crippen LogP contribution in [-0.2, 0) is 4.79 Å². The molecule has 2 rings (SSSR count). The minimum Gasteiger partial charge on any atom is -0.485 e. The Hall–Kier alpha value is -1.95. The number of para-hydroxylation sites is 1. The lowest BCUT2D eigenvalue weighted by atomic mass is 10.1. The molecule has 1 atom stereocenters. The summed E-state index contributed by atoms with van der Waals surface area (Å²) < 4.78 is 5.82. The van der Waals surface area contributed by atoms with E-state index < -0.39 is 6.03 Å². The van der Waals surface area contributed by atoms with E-state index in [9.17, 15) is 9.59 Å². The summed E-state index contributed by atoms with van der Waals surface area (Å²) in [5.74, 6) is 0.433. The highest BCUT2D eigenvalue weighted by atomic mass is 35.5. The monoisotopic (exact) mass is 311 g/mol. The zero-order chi connectivity index (χ0) is 15.4. The fraction of sp³-hybridized carbons (Fsp3) is 0.429. The summed E-state index contributed by atoms with van der Waals surface area (Å²) in [6, 6.07) is 4.67. The van der Waals surface area contributed by atoms with E-state index in [-0.39, 0.29) is 25.0 Å². The number of anilines is 1. The highest BCUT2D eigenvalue weighted by molar-refractivity contribution is 6.32. The number of primary amides is 1. The lowest BCUT2D eigenvalue weighted by Gasteiger charge is -2.35. The molecule has 1 aromatic rings. The van der Waals surface area contributed by atoms with Crippen LogP contribution in [0.1, 0.15) is 19.8 Å². The van der Waals surface area contributed by atoms with Crippen LogP contribution < -0.4 is 20.7 Å². The number of benzene rings is 1.